The fraction of sp³-hybridized carbons (Fsp3) is 0.158. The summed E-state index contributed by atoms with van der Waals surface area (Å²) in [5.41, 5.74) is -0.130. The summed E-state index contributed by atoms with van der Waals surface area (Å²) in [6.45, 7) is 0.0673. The SMILES string of the molecule is O=C1NC(=O)C(CN2Cc3ccc(O)cc3C2=O)(c2ccc(C(=O)O)cc2)N1. The number of aromatic hydroxyl groups is 1. The lowest BCUT2D eigenvalue weighted by Crippen LogP contribution is -2.52. The number of fused-ring (bicyclic) bond motifs is 1. The van der Waals surface area contributed by atoms with Crippen LogP contribution in [0.1, 0.15) is 31.8 Å². The Morgan fingerprint density at radius 3 is 2.43 bits per heavy atom. The molecule has 4 rings (SSSR count). The van der Waals surface area contributed by atoms with Crippen molar-refractivity contribution in [3.63, 3.8) is 0 Å². The molecule has 28 heavy (non-hydrogen) atoms. The number of rotatable bonds is 4. The van der Waals surface area contributed by atoms with Gasteiger partial charge in [0.25, 0.3) is 11.8 Å². The minimum absolute atomic E-state index is 0.0313. The number of hydrogen-bond donors (Lipinski definition) is 4. The van der Waals surface area contributed by atoms with Crippen LogP contribution in [0.4, 0.5) is 4.79 Å². The number of aromatic carboxylic acids is 1. The molecule has 2 aliphatic rings. The molecule has 2 aromatic carbocycles. The highest BCUT2D eigenvalue weighted by atomic mass is 16.4. The van der Waals surface area contributed by atoms with E-state index < -0.39 is 23.4 Å². The monoisotopic (exact) mass is 381 g/mol. The summed E-state index contributed by atoms with van der Waals surface area (Å²) in [6.07, 6.45) is 0. The molecule has 2 aromatic rings. The number of phenolic OH excluding ortho intramolecular Hbond substituents is 1. The Morgan fingerprint density at radius 2 is 1.82 bits per heavy atom. The maximum atomic E-state index is 12.7. The molecule has 1 atom stereocenters. The lowest BCUT2D eigenvalue weighted by atomic mass is 9.88. The van der Waals surface area contributed by atoms with Gasteiger partial charge in [0.15, 0.2) is 5.54 Å². The Hall–Kier alpha value is -3.88. The van der Waals surface area contributed by atoms with Crippen LogP contribution in [-0.4, -0.2) is 45.5 Å². The molecule has 0 spiro atoms. The molecule has 4 amide bonds. The Bertz CT molecular complexity index is 1030. The minimum Gasteiger partial charge on any atom is -0.508 e. The van der Waals surface area contributed by atoms with Gasteiger partial charge < -0.3 is 20.4 Å². The number of hydrogen-bond acceptors (Lipinski definition) is 5. The molecule has 1 saturated heterocycles. The van der Waals surface area contributed by atoms with Gasteiger partial charge in [0.2, 0.25) is 0 Å². The number of carboxylic acid groups (broad SMARTS) is 1. The van der Waals surface area contributed by atoms with Crippen molar-refractivity contribution in [2.75, 3.05) is 6.54 Å². The molecule has 9 heteroatoms. The Morgan fingerprint density at radius 1 is 1.11 bits per heavy atom. The fourth-order valence-electron chi connectivity index (χ4n) is 3.56. The molecule has 0 bridgehead atoms. The summed E-state index contributed by atoms with van der Waals surface area (Å²) in [7, 11) is 0. The highest BCUT2D eigenvalue weighted by molar-refractivity contribution is 6.08. The number of amides is 4. The van der Waals surface area contributed by atoms with Crippen molar-refractivity contribution in [1.82, 2.24) is 15.5 Å². The normalized spacial score (nSPS) is 20.7. The van der Waals surface area contributed by atoms with E-state index >= 15 is 0 Å². The molecule has 0 aliphatic carbocycles. The molecule has 0 radical (unpaired) electrons. The zero-order valence-electron chi connectivity index (χ0n) is 14.4. The number of carbonyl (C=O) groups excluding carboxylic acids is 3. The molecule has 2 aliphatic heterocycles. The molecule has 142 valence electrons. The smallest absolute Gasteiger partial charge is 0.335 e. The molecule has 0 aromatic heterocycles. The third-order valence-electron chi connectivity index (χ3n) is 4.97. The van der Waals surface area contributed by atoms with Crippen molar-refractivity contribution in [3.8, 4) is 5.75 Å². The zero-order chi connectivity index (χ0) is 20.1. The van der Waals surface area contributed by atoms with Crippen LogP contribution in [-0.2, 0) is 16.9 Å². The van der Waals surface area contributed by atoms with Gasteiger partial charge >= 0.3 is 12.0 Å². The van der Waals surface area contributed by atoms with E-state index in [1.54, 1.807) is 6.07 Å². The summed E-state index contributed by atoms with van der Waals surface area (Å²) >= 11 is 0. The van der Waals surface area contributed by atoms with Crippen LogP contribution >= 0.6 is 0 Å². The second kappa shape index (κ2) is 6.08. The van der Waals surface area contributed by atoms with Crippen molar-refractivity contribution >= 4 is 23.8 Å². The highest BCUT2D eigenvalue weighted by Crippen LogP contribution is 2.32. The fourth-order valence-corrected chi connectivity index (χ4v) is 3.56. The number of nitrogens with zero attached hydrogens (tertiary/aromatic N) is 1. The van der Waals surface area contributed by atoms with Crippen molar-refractivity contribution in [1.29, 1.82) is 0 Å². The predicted molar refractivity (Wildman–Crippen MR) is 94.6 cm³/mol. The zero-order valence-corrected chi connectivity index (χ0v) is 14.4. The van der Waals surface area contributed by atoms with Gasteiger partial charge in [-0.2, -0.15) is 0 Å². The van der Waals surface area contributed by atoms with E-state index in [2.05, 4.69) is 10.6 Å². The van der Waals surface area contributed by atoms with E-state index in [0.717, 1.165) is 0 Å². The first kappa shape index (κ1) is 17.5. The number of phenols is 1. The number of nitrogens with one attached hydrogen (secondary N) is 2. The van der Waals surface area contributed by atoms with Gasteiger partial charge in [-0.15, -0.1) is 0 Å². The molecule has 1 fully saturated rings. The van der Waals surface area contributed by atoms with Crippen LogP contribution < -0.4 is 10.6 Å². The Labute approximate surface area is 158 Å². The van der Waals surface area contributed by atoms with Gasteiger partial charge in [0.05, 0.1) is 12.1 Å². The second-order valence-corrected chi connectivity index (χ2v) is 6.70. The number of urea groups is 1. The summed E-state index contributed by atoms with van der Waals surface area (Å²) in [4.78, 5) is 49.7. The van der Waals surface area contributed by atoms with Crippen LogP contribution in [0.5, 0.6) is 5.75 Å². The first-order chi connectivity index (χ1) is 13.3. The predicted octanol–water partition coefficient (Wildman–Crippen LogP) is 0.781. The van der Waals surface area contributed by atoms with E-state index in [-0.39, 0.29) is 30.3 Å². The van der Waals surface area contributed by atoms with Crippen LogP contribution in [0.15, 0.2) is 42.5 Å². The minimum atomic E-state index is -1.55. The summed E-state index contributed by atoms with van der Waals surface area (Å²) in [5.74, 6) is -2.17. The molecule has 2 heterocycles. The van der Waals surface area contributed by atoms with E-state index in [4.69, 9.17) is 5.11 Å². The van der Waals surface area contributed by atoms with Crippen LogP contribution in [0.2, 0.25) is 0 Å². The number of benzene rings is 2. The Balaban J connectivity index is 1.70. The van der Waals surface area contributed by atoms with Gasteiger partial charge in [0, 0.05) is 12.1 Å². The van der Waals surface area contributed by atoms with Crippen molar-refractivity contribution in [3.05, 3.63) is 64.7 Å². The van der Waals surface area contributed by atoms with Crippen molar-refractivity contribution in [2.24, 2.45) is 0 Å². The second-order valence-electron chi connectivity index (χ2n) is 6.70. The Kier molecular flexibility index (Phi) is 3.81. The molecular formula is C19H15N3O6. The van der Waals surface area contributed by atoms with Gasteiger partial charge in [-0.1, -0.05) is 18.2 Å². The van der Waals surface area contributed by atoms with Gasteiger partial charge in [-0.05, 0) is 35.4 Å². The average molecular weight is 381 g/mol. The van der Waals surface area contributed by atoms with Crippen molar-refractivity contribution < 1.29 is 29.4 Å². The maximum absolute atomic E-state index is 12.7. The third-order valence-corrected chi connectivity index (χ3v) is 4.97. The standard InChI is InChI=1S/C19H15N3O6/c23-13-6-3-11-8-22(15(24)14(11)7-13)9-19(17(27)20-18(28)21-19)12-4-1-10(2-5-12)16(25)26/h1-7,23H,8-9H2,(H,25,26)(H2,20,21,27,28). The maximum Gasteiger partial charge on any atom is 0.335 e. The van der Waals surface area contributed by atoms with E-state index in [1.807, 2.05) is 0 Å². The van der Waals surface area contributed by atoms with E-state index in [1.165, 1.54) is 41.3 Å². The summed E-state index contributed by atoms with van der Waals surface area (Å²) in [6, 6.07) is 9.30. The first-order valence-electron chi connectivity index (χ1n) is 8.39. The van der Waals surface area contributed by atoms with Gasteiger partial charge in [0.1, 0.15) is 5.75 Å². The number of carboxylic acids is 1. The van der Waals surface area contributed by atoms with Gasteiger partial charge in [-0.3, -0.25) is 14.9 Å². The lowest BCUT2D eigenvalue weighted by Gasteiger charge is -2.31. The molecule has 4 N–H and O–H groups in total. The molecule has 9 nitrogen and oxygen atoms in total. The topological polar surface area (TPSA) is 136 Å². The van der Waals surface area contributed by atoms with E-state index in [9.17, 15) is 24.3 Å². The quantitative estimate of drug-likeness (QED) is 0.578. The first-order valence-corrected chi connectivity index (χ1v) is 8.39. The van der Waals surface area contributed by atoms with Crippen LogP contribution in [0.25, 0.3) is 0 Å². The molecule has 1 unspecified atom stereocenters. The lowest BCUT2D eigenvalue weighted by molar-refractivity contribution is -0.124. The van der Waals surface area contributed by atoms with Crippen LogP contribution in [0.3, 0.4) is 0 Å². The molecular weight excluding hydrogens is 366 g/mol. The molecule has 0 saturated carbocycles. The number of carbonyl (C=O) groups is 4. The number of imide groups is 1. The largest absolute Gasteiger partial charge is 0.508 e. The van der Waals surface area contributed by atoms with Crippen molar-refractivity contribution in [2.45, 2.75) is 12.1 Å². The summed E-state index contributed by atoms with van der Waals surface area (Å²) < 4.78 is 0. The summed E-state index contributed by atoms with van der Waals surface area (Å²) in [5, 5.41) is 23.4. The highest BCUT2D eigenvalue weighted by Gasteiger charge is 2.50. The van der Waals surface area contributed by atoms with Gasteiger partial charge in [-0.25, -0.2) is 9.59 Å². The third kappa shape index (κ3) is 2.64. The average Bonchev–Trinajstić information content (AvgIpc) is 3.12. The van der Waals surface area contributed by atoms with Crippen LogP contribution in [0, 0.1) is 0 Å². The van der Waals surface area contributed by atoms with E-state index in [0.29, 0.717) is 16.7 Å².